The highest BCUT2D eigenvalue weighted by molar-refractivity contribution is 6.43. The van der Waals surface area contributed by atoms with Crippen molar-refractivity contribution in [3.63, 3.8) is 0 Å². The summed E-state index contributed by atoms with van der Waals surface area (Å²) >= 11 is 12.6. The number of hydrogen-bond donors (Lipinski definition) is 0. The number of benzene rings is 2. The van der Waals surface area contributed by atoms with Crippen LogP contribution >= 0.6 is 23.2 Å². The van der Waals surface area contributed by atoms with E-state index >= 15 is 0 Å². The summed E-state index contributed by atoms with van der Waals surface area (Å²) in [6.45, 7) is 9.23. The van der Waals surface area contributed by atoms with E-state index in [0.29, 0.717) is 35.9 Å². The van der Waals surface area contributed by atoms with E-state index < -0.39 is 6.23 Å². The Morgan fingerprint density at radius 2 is 1.79 bits per heavy atom. The van der Waals surface area contributed by atoms with Gasteiger partial charge in [0.15, 0.2) is 6.23 Å². The van der Waals surface area contributed by atoms with E-state index in [-0.39, 0.29) is 11.9 Å². The number of anilines is 2. The molecule has 0 aliphatic carbocycles. The molecule has 2 aromatic rings. The maximum Gasteiger partial charge on any atom is 0.307 e. The number of unbranched alkanes of at least 4 members (excludes halogenated alkanes) is 2. The molecule has 1 atom stereocenters. The molecular formula is C30H39Cl2N3O4. The predicted octanol–water partition coefficient (Wildman–Crippen LogP) is 6.33. The van der Waals surface area contributed by atoms with Crippen molar-refractivity contribution in [3.05, 3.63) is 52.0 Å². The number of amides is 1. The number of aryl methyl sites for hydroxylation is 1. The van der Waals surface area contributed by atoms with Gasteiger partial charge in [0.05, 0.1) is 28.0 Å². The Kier molecular flexibility index (Phi) is 10.8. The lowest BCUT2D eigenvalue weighted by Gasteiger charge is -2.36. The van der Waals surface area contributed by atoms with Gasteiger partial charge in [0.25, 0.3) is 0 Å². The molecule has 7 nitrogen and oxygen atoms in total. The first-order chi connectivity index (χ1) is 18.9. The Labute approximate surface area is 241 Å². The van der Waals surface area contributed by atoms with Crippen molar-refractivity contribution in [2.45, 2.75) is 65.0 Å². The molecule has 0 N–H and O–H groups in total. The van der Waals surface area contributed by atoms with Gasteiger partial charge in [-0.2, -0.15) is 0 Å². The summed E-state index contributed by atoms with van der Waals surface area (Å²) in [5.41, 5.74) is 2.85. The zero-order chi connectivity index (χ0) is 27.8. The first-order valence-corrected chi connectivity index (χ1v) is 14.8. The van der Waals surface area contributed by atoms with Crippen LogP contribution in [0.2, 0.25) is 10.0 Å². The van der Waals surface area contributed by atoms with E-state index in [1.54, 1.807) is 11.8 Å². The maximum atomic E-state index is 12.8. The molecule has 212 valence electrons. The van der Waals surface area contributed by atoms with Gasteiger partial charge in [-0.05, 0) is 62.9 Å². The topological polar surface area (TPSA) is 62.3 Å². The van der Waals surface area contributed by atoms with Crippen LogP contribution in [-0.4, -0.2) is 62.3 Å². The average molecular weight is 577 g/mol. The van der Waals surface area contributed by atoms with Crippen molar-refractivity contribution in [2.24, 2.45) is 0 Å². The summed E-state index contributed by atoms with van der Waals surface area (Å²) in [5.74, 6) is 0.421. The zero-order valence-corrected chi connectivity index (χ0v) is 24.5. The average Bonchev–Trinajstić information content (AvgIpc) is 2.93. The molecule has 1 saturated heterocycles. The molecule has 2 heterocycles. The molecule has 9 heteroatoms. The van der Waals surface area contributed by atoms with Gasteiger partial charge in [-0.1, -0.05) is 48.7 Å². The van der Waals surface area contributed by atoms with Crippen LogP contribution in [-0.2, 0) is 20.7 Å². The number of ether oxygens (including phenoxy) is 2. The Morgan fingerprint density at radius 1 is 1.00 bits per heavy atom. The highest BCUT2D eigenvalue weighted by Gasteiger charge is 2.30. The van der Waals surface area contributed by atoms with Crippen molar-refractivity contribution in [1.29, 1.82) is 0 Å². The number of fused-ring (bicyclic) bond motifs is 1. The zero-order valence-electron chi connectivity index (χ0n) is 23.0. The van der Waals surface area contributed by atoms with E-state index in [9.17, 15) is 9.59 Å². The van der Waals surface area contributed by atoms with Gasteiger partial charge >= 0.3 is 5.97 Å². The molecule has 0 bridgehead atoms. The van der Waals surface area contributed by atoms with E-state index in [1.165, 1.54) is 0 Å². The summed E-state index contributed by atoms with van der Waals surface area (Å²) in [7, 11) is 0. The molecule has 2 aromatic carbocycles. The fraction of sp³-hybridized carbons (Fsp3) is 0.533. The van der Waals surface area contributed by atoms with Crippen LogP contribution in [0.5, 0.6) is 5.75 Å². The van der Waals surface area contributed by atoms with Gasteiger partial charge in [-0.3, -0.25) is 19.4 Å². The molecule has 0 radical (unpaired) electrons. The van der Waals surface area contributed by atoms with Crippen molar-refractivity contribution >= 4 is 46.5 Å². The summed E-state index contributed by atoms with van der Waals surface area (Å²) in [5, 5.41) is 1.22. The lowest BCUT2D eigenvalue weighted by Crippen LogP contribution is -2.46. The number of rotatable bonds is 12. The van der Waals surface area contributed by atoms with E-state index in [1.807, 2.05) is 43.3 Å². The second kappa shape index (κ2) is 14.2. The van der Waals surface area contributed by atoms with Crippen LogP contribution in [0.3, 0.4) is 0 Å². The molecule has 1 amide bonds. The Morgan fingerprint density at radius 3 is 2.56 bits per heavy atom. The van der Waals surface area contributed by atoms with E-state index in [0.717, 1.165) is 81.1 Å². The summed E-state index contributed by atoms with van der Waals surface area (Å²) in [4.78, 5) is 31.3. The highest BCUT2D eigenvalue weighted by Crippen LogP contribution is 2.34. The normalized spacial score (nSPS) is 16.7. The van der Waals surface area contributed by atoms with Crippen LogP contribution in [0.1, 0.15) is 57.9 Å². The molecule has 0 spiro atoms. The Hall–Kier alpha value is -2.48. The van der Waals surface area contributed by atoms with Gasteiger partial charge in [-0.25, -0.2) is 0 Å². The molecule has 0 aromatic heterocycles. The molecular weight excluding hydrogens is 537 g/mol. The number of carbonyl (C=O) groups excluding carboxylic acids is 2. The van der Waals surface area contributed by atoms with Gasteiger partial charge in [0.1, 0.15) is 5.75 Å². The van der Waals surface area contributed by atoms with E-state index in [4.69, 9.17) is 32.7 Å². The van der Waals surface area contributed by atoms with Gasteiger partial charge in [-0.15, -0.1) is 0 Å². The van der Waals surface area contributed by atoms with Crippen molar-refractivity contribution in [1.82, 2.24) is 4.90 Å². The summed E-state index contributed by atoms with van der Waals surface area (Å²) in [6, 6.07) is 11.7. The van der Waals surface area contributed by atoms with Crippen molar-refractivity contribution in [3.8, 4) is 5.75 Å². The van der Waals surface area contributed by atoms with Crippen LogP contribution in [0.15, 0.2) is 36.4 Å². The predicted molar refractivity (Wildman–Crippen MR) is 157 cm³/mol. The highest BCUT2D eigenvalue weighted by atomic mass is 35.5. The lowest BCUT2D eigenvalue weighted by atomic mass is 10.0. The standard InChI is InChI=1S/C30H39Cl2N3O4/c1-3-4-10-29(37)39-22(2)35-27-21-24(13-11-23(27)12-14-28(35)36)38-20-6-5-15-33-16-18-34(19-17-33)26-9-7-8-25(31)30(26)32/h7-9,11,13,21-22H,3-6,10,12,14-20H2,1-2H3. The maximum absolute atomic E-state index is 12.8. The number of hydrogen-bond acceptors (Lipinski definition) is 6. The molecule has 39 heavy (non-hydrogen) atoms. The third kappa shape index (κ3) is 7.80. The molecule has 4 rings (SSSR count). The fourth-order valence-electron chi connectivity index (χ4n) is 5.16. The second-order valence-electron chi connectivity index (χ2n) is 10.2. The minimum atomic E-state index is -0.647. The number of halogens is 2. The summed E-state index contributed by atoms with van der Waals surface area (Å²) < 4.78 is 11.6. The van der Waals surface area contributed by atoms with Gasteiger partial charge in [0, 0.05) is 45.1 Å². The van der Waals surface area contributed by atoms with Crippen molar-refractivity contribution < 1.29 is 19.1 Å². The SMILES string of the molecule is CCCCC(=O)OC(C)N1C(=O)CCc2ccc(OCCCCN3CCN(c4cccc(Cl)c4Cl)CC3)cc21. The summed E-state index contributed by atoms with van der Waals surface area (Å²) in [6.07, 6.45) is 4.48. The molecule has 2 aliphatic rings. The minimum Gasteiger partial charge on any atom is -0.494 e. The number of piperazine rings is 1. The minimum absolute atomic E-state index is 0.0341. The lowest BCUT2D eigenvalue weighted by molar-refractivity contribution is -0.149. The monoisotopic (exact) mass is 575 g/mol. The first kappa shape index (κ1) is 29.5. The van der Waals surface area contributed by atoms with Crippen LogP contribution in [0, 0.1) is 0 Å². The first-order valence-electron chi connectivity index (χ1n) is 14.1. The smallest absolute Gasteiger partial charge is 0.307 e. The Bertz CT molecular complexity index is 1140. The van der Waals surface area contributed by atoms with Crippen molar-refractivity contribution in [2.75, 3.05) is 49.1 Å². The number of nitrogens with zero attached hydrogens (tertiary/aromatic N) is 3. The molecule has 2 aliphatic heterocycles. The van der Waals surface area contributed by atoms with Gasteiger partial charge < -0.3 is 14.4 Å². The van der Waals surface area contributed by atoms with E-state index in [2.05, 4.69) is 9.80 Å². The van der Waals surface area contributed by atoms with Crippen LogP contribution < -0.4 is 14.5 Å². The largest absolute Gasteiger partial charge is 0.494 e. The van der Waals surface area contributed by atoms with Crippen LogP contribution in [0.4, 0.5) is 11.4 Å². The third-order valence-corrected chi connectivity index (χ3v) is 8.18. The third-order valence-electron chi connectivity index (χ3n) is 7.37. The van der Waals surface area contributed by atoms with Crippen LogP contribution in [0.25, 0.3) is 0 Å². The second-order valence-corrected chi connectivity index (χ2v) is 11.0. The fourth-order valence-corrected chi connectivity index (χ4v) is 5.58. The van der Waals surface area contributed by atoms with Gasteiger partial charge in [0.2, 0.25) is 5.91 Å². The molecule has 0 saturated carbocycles. The number of carbonyl (C=O) groups is 2. The number of esters is 1. The quantitative estimate of drug-likeness (QED) is 0.217. The molecule has 1 fully saturated rings. The molecule has 1 unspecified atom stereocenters. The Balaban J connectivity index is 1.22.